The summed E-state index contributed by atoms with van der Waals surface area (Å²) in [7, 11) is 6.90. The number of anilines is 2. The minimum absolute atomic E-state index is 0.597. The Kier molecular flexibility index (Phi) is 23.1. The van der Waals surface area contributed by atoms with Crippen LogP contribution in [0.15, 0.2) is 85.2 Å². The molecule has 2 saturated heterocycles. The zero-order valence-electron chi connectivity index (χ0n) is 49.9. The van der Waals surface area contributed by atoms with Gasteiger partial charge in [0.1, 0.15) is 46.0 Å². The van der Waals surface area contributed by atoms with Crippen molar-refractivity contribution >= 4 is 60.0 Å². The van der Waals surface area contributed by atoms with Gasteiger partial charge >= 0.3 is 0 Å². The highest BCUT2D eigenvalue weighted by Crippen LogP contribution is 2.41. The van der Waals surface area contributed by atoms with Gasteiger partial charge in [-0.25, -0.2) is 0 Å². The van der Waals surface area contributed by atoms with Crippen LogP contribution in [0, 0.1) is 0 Å². The summed E-state index contributed by atoms with van der Waals surface area (Å²) in [5.74, 6) is 6.35. The Balaban J connectivity index is 1.07. The quantitative estimate of drug-likeness (QED) is 0.0306. The average Bonchev–Trinajstić information content (AvgIpc) is 4.40. The molecule has 2 aliphatic rings. The van der Waals surface area contributed by atoms with Gasteiger partial charge in [0, 0.05) is 84.1 Å². The van der Waals surface area contributed by atoms with Crippen molar-refractivity contribution in [3.8, 4) is 57.4 Å². The molecular formula is C70H86N4O8. The van der Waals surface area contributed by atoms with Crippen molar-refractivity contribution in [1.29, 1.82) is 0 Å². The van der Waals surface area contributed by atoms with E-state index in [2.05, 4.69) is 147 Å². The molecule has 434 valence electrons. The lowest BCUT2D eigenvalue weighted by Gasteiger charge is -2.22. The van der Waals surface area contributed by atoms with Crippen molar-refractivity contribution in [2.75, 3.05) is 90.8 Å². The molecule has 2 aliphatic heterocycles. The highest BCUT2D eigenvalue weighted by atomic mass is 16.5. The number of hydrogen-bond acceptors (Lipinski definition) is 12. The number of rotatable bonds is 31. The van der Waals surface area contributed by atoms with E-state index >= 15 is 0 Å². The summed E-state index contributed by atoms with van der Waals surface area (Å²) in [5.41, 5.74) is 11.1. The normalized spacial score (nSPS) is 13.6. The maximum absolute atomic E-state index is 6.53. The topological polar surface area (TPSA) is 106 Å². The molecule has 0 radical (unpaired) electrons. The zero-order valence-corrected chi connectivity index (χ0v) is 49.9. The van der Waals surface area contributed by atoms with E-state index in [0.29, 0.717) is 26.4 Å². The van der Waals surface area contributed by atoms with Gasteiger partial charge in [-0.1, -0.05) is 102 Å². The van der Waals surface area contributed by atoms with E-state index in [1.165, 1.54) is 25.7 Å². The summed E-state index contributed by atoms with van der Waals surface area (Å²) in [6, 6.07) is 24.8. The van der Waals surface area contributed by atoms with Crippen molar-refractivity contribution in [1.82, 2.24) is 9.97 Å². The fourth-order valence-electron chi connectivity index (χ4n) is 10.1. The Morgan fingerprint density at radius 2 is 0.634 bits per heavy atom. The van der Waals surface area contributed by atoms with Crippen LogP contribution in [-0.2, 0) is 0 Å². The molecule has 0 N–H and O–H groups in total. The van der Waals surface area contributed by atoms with Crippen LogP contribution >= 0.6 is 0 Å². The van der Waals surface area contributed by atoms with Gasteiger partial charge in [-0.05, 0) is 123 Å². The van der Waals surface area contributed by atoms with E-state index in [1.54, 1.807) is 28.4 Å². The Morgan fingerprint density at radius 1 is 0.354 bits per heavy atom. The summed E-state index contributed by atoms with van der Waals surface area (Å²) >= 11 is 0. The Bertz CT molecular complexity index is 2930. The molecule has 12 nitrogen and oxygen atoms in total. The molecule has 6 aromatic rings. The molecule has 2 aromatic heterocycles. The van der Waals surface area contributed by atoms with Gasteiger partial charge in [0.15, 0.2) is 0 Å². The second-order valence-corrected chi connectivity index (χ2v) is 20.9. The van der Waals surface area contributed by atoms with E-state index in [-0.39, 0.29) is 0 Å². The lowest BCUT2D eigenvalue weighted by atomic mass is 10.0. The van der Waals surface area contributed by atoms with E-state index in [0.717, 1.165) is 191 Å². The molecule has 0 amide bonds. The van der Waals surface area contributed by atoms with Crippen molar-refractivity contribution < 1.29 is 37.9 Å². The molecule has 8 rings (SSSR count). The van der Waals surface area contributed by atoms with Crippen LogP contribution in [-0.4, -0.2) is 91.0 Å². The lowest BCUT2D eigenvalue weighted by molar-refractivity contribution is 0.300. The highest BCUT2D eigenvalue weighted by molar-refractivity contribution is 5.84. The number of benzene rings is 4. The van der Waals surface area contributed by atoms with Crippen LogP contribution < -0.4 is 47.7 Å². The third kappa shape index (κ3) is 16.2. The third-order valence-corrected chi connectivity index (χ3v) is 14.9. The minimum Gasteiger partial charge on any atom is -0.496 e. The lowest BCUT2D eigenvalue weighted by Crippen LogP contribution is -2.18. The second kappa shape index (κ2) is 31.4. The first-order chi connectivity index (χ1) is 40.3. The SMILES string of the molecule is CCCCOc1cc(/C=C/c2cc(OC)c(N3CCCC3)cc2OC)c(OCCCC)cc1/C=C/c1ccnc(-c2cc(/C=C/c3cc(OCCCC)c(/C=C/c4cc(OC)c(N5CCCC5)cc4OC)cc3OCCCC)ccn2)c1. The Morgan fingerprint density at radius 3 is 0.927 bits per heavy atom. The number of ether oxygens (including phenoxy) is 8. The highest BCUT2D eigenvalue weighted by Gasteiger charge is 2.22. The molecule has 0 saturated carbocycles. The van der Waals surface area contributed by atoms with Crippen molar-refractivity contribution in [2.24, 2.45) is 0 Å². The molecule has 0 aliphatic carbocycles. The fraction of sp³-hybridized carbons (Fsp3) is 0.400. The van der Waals surface area contributed by atoms with Gasteiger partial charge in [-0.3, -0.25) is 9.97 Å². The summed E-state index contributed by atoms with van der Waals surface area (Å²) in [6.07, 6.45) is 32.9. The number of nitrogens with zero attached hydrogens (tertiary/aromatic N) is 4. The van der Waals surface area contributed by atoms with E-state index < -0.39 is 0 Å². The molecule has 0 bridgehead atoms. The van der Waals surface area contributed by atoms with Crippen molar-refractivity contribution in [3.63, 3.8) is 0 Å². The number of methoxy groups -OCH3 is 4. The first-order valence-electron chi connectivity index (χ1n) is 29.8. The van der Waals surface area contributed by atoms with Gasteiger partial charge in [0.25, 0.3) is 0 Å². The largest absolute Gasteiger partial charge is 0.496 e. The predicted molar refractivity (Wildman–Crippen MR) is 340 cm³/mol. The second-order valence-electron chi connectivity index (χ2n) is 20.9. The molecule has 2 fully saturated rings. The number of pyridine rings is 2. The summed E-state index contributed by atoms with van der Waals surface area (Å²) < 4.78 is 49.8. The first kappa shape index (κ1) is 60.2. The minimum atomic E-state index is 0.597. The molecule has 0 spiro atoms. The number of hydrogen-bond donors (Lipinski definition) is 0. The van der Waals surface area contributed by atoms with Gasteiger partial charge in [0.05, 0.1) is 77.6 Å². The van der Waals surface area contributed by atoms with Crippen LogP contribution in [0.4, 0.5) is 11.4 Å². The van der Waals surface area contributed by atoms with Crippen LogP contribution in [0.25, 0.3) is 60.0 Å². The van der Waals surface area contributed by atoms with E-state index in [1.807, 2.05) is 24.5 Å². The maximum Gasteiger partial charge on any atom is 0.143 e. The smallest absolute Gasteiger partial charge is 0.143 e. The first-order valence-corrected chi connectivity index (χ1v) is 29.8. The van der Waals surface area contributed by atoms with E-state index in [9.17, 15) is 0 Å². The molecule has 0 unspecified atom stereocenters. The monoisotopic (exact) mass is 1110 g/mol. The fourth-order valence-corrected chi connectivity index (χ4v) is 10.1. The number of unbranched alkanes of at least 4 members (excludes halogenated alkanes) is 4. The van der Waals surface area contributed by atoms with Crippen LogP contribution in [0.3, 0.4) is 0 Å². The van der Waals surface area contributed by atoms with Gasteiger partial charge < -0.3 is 47.7 Å². The summed E-state index contributed by atoms with van der Waals surface area (Å²) in [5, 5.41) is 0. The Hall–Kier alpha value is -7.86. The van der Waals surface area contributed by atoms with Crippen LogP contribution in [0.5, 0.6) is 46.0 Å². The maximum atomic E-state index is 6.53. The van der Waals surface area contributed by atoms with Crippen LogP contribution in [0.2, 0.25) is 0 Å². The predicted octanol–water partition coefficient (Wildman–Crippen LogP) is 16.8. The molecule has 4 aromatic carbocycles. The van der Waals surface area contributed by atoms with Crippen molar-refractivity contribution in [3.05, 3.63) is 130 Å². The van der Waals surface area contributed by atoms with Crippen molar-refractivity contribution in [2.45, 2.75) is 105 Å². The average molecular weight is 1110 g/mol. The van der Waals surface area contributed by atoms with Gasteiger partial charge in [0.2, 0.25) is 0 Å². The van der Waals surface area contributed by atoms with E-state index in [4.69, 9.17) is 47.9 Å². The third-order valence-electron chi connectivity index (χ3n) is 14.9. The zero-order chi connectivity index (χ0) is 57.5. The molecule has 0 atom stereocenters. The molecule has 12 heteroatoms. The molecular weight excluding hydrogens is 1020 g/mol. The Labute approximate surface area is 488 Å². The standard InChI is InChI=1S/C70H86N4O8/c1-9-13-37-79-65-45-57(27-25-53-47-69(77-7)61(49-63(53)75-5)73-33-17-18-34-73)67(81-39-15-11-3)43-55(65)23-21-51-29-31-71-59(41-51)60-42-52(30-32-72-60)22-24-56-44-68(82-40-16-12-4)58(46-66(56)80-38-14-10-2)28-26-54-48-70(78-8)62(50-64(54)76-6)74-35-19-20-36-74/h21-32,41-50H,9-20,33-40H2,1-8H3/b23-21+,24-22+,27-25+,28-26+. The molecule has 4 heterocycles. The summed E-state index contributed by atoms with van der Waals surface area (Å²) in [6.45, 7) is 15.1. The van der Waals surface area contributed by atoms with Crippen LogP contribution in [0.1, 0.15) is 149 Å². The summed E-state index contributed by atoms with van der Waals surface area (Å²) in [4.78, 5) is 14.3. The van der Waals surface area contributed by atoms with Gasteiger partial charge in [-0.2, -0.15) is 0 Å². The number of aromatic nitrogens is 2. The molecule has 82 heavy (non-hydrogen) atoms. The van der Waals surface area contributed by atoms with Gasteiger partial charge in [-0.15, -0.1) is 0 Å².